The van der Waals surface area contributed by atoms with Gasteiger partial charge in [-0.3, -0.25) is 19.8 Å². The van der Waals surface area contributed by atoms with Crippen LogP contribution in [0.5, 0.6) is 0 Å². The van der Waals surface area contributed by atoms with Crippen LogP contribution < -0.4 is 15.8 Å². The molecule has 0 spiro atoms. The SMILES string of the molecule is CCOC(=O)c1ccc(N2C(=O)C[C@H](NNC(=O)Cc3cccs3)C2=O)cc1. The van der Waals surface area contributed by atoms with E-state index in [1.807, 2.05) is 17.5 Å². The molecule has 2 N–H and O–H groups in total. The molecule has 1 aromatic carbocycles. The van der Waals surface area contributed by atoms with Crippen molar-refractivity contribution in [1.29, 1.82) is 0 Å². The van der Waals surface area contributed by atoms with Crippen molar-refractivity contribution in [3.63, 3.8) is 0 Å². The molecule has 146 valence electrons. The number of thiophene rings is 1. The first kappa shape index (κ1) is 19.7. The molecule has 1 saturated heterocycles. The quantitative estimate of drug-likeness (QED) is 0.413. The van der Waals surface area contributed by atoms with Gasteiger partial charge in [-0.25, -0.2) is 15.1 Å². The summed E-state index contributed by atoms with van der Waals surface area (Å²) in [5.74, 6) is -1.62. The molecule has 2 aromatic rings. The molecule has 0 saturated carbocycles. The van der Waals surface area contributed by atoms with E-state index in [0.29, 0.717) is 11.3 Å². The van der Waals surface area contributed by atoms with Crippen molar-refractivity contribution in [2.24, 2.45) is 0 Å². The van der Waals surface area contributed by atoms with E-state index >= 15 is 0 Å². The number of benzene rings is 1. The number of hydrogen-bond acceptors (Lipinski definition) is 7. The summed E-state index contributed by atoms with van der Waals surface area (Å²) < 4.78 is 4.91. The van der Waals surface area contributed by atoms with Gasteiger partial charge in [0.1, 0.15) is 6.04 Å². The first-order chi connectivity index (χ1) is 13.5. The topological polar surface area (TPSA) is 105 Å². The van der Waals surface area contributed by atoms with Crippen molar-refractivity contribution in [1.82, 2.24) is 10.9 Å². The van der Waals surface area contributed by atoms with Crippen LogP contribution in [-0.2, 0) is 25.5 Å². The molecule has 0 bridgehead atoms. The smallest absolute Gasteiger partial charge is 0.338 e. The van der Waals surface area contributed by atoms with Crippen molar-refractivity contribution in [2.75, 3.05) is 11.5 Å². The molecule has 0 aliphatic carbocycles. The van der Waals surface area contributed by atoms with Crippen LogP contribution in [0.25, 0.3) is 0 Å². The highest BCUT2D eigenvalue weighted by atomic mass is 32.1. The van der Waals surface area contributed by atoms with Crippen molar-refractivity contribution >= 4 is 40.7 Å². The maximum Gasteiger partial charge on any atom is 0.338 e. The normalized spacial score (nSPS) is 16.3. The number of esters is 1. The van der Waals surface area contributed by atoms with Crippen LogP contribution in [-0.4, -0.2) is 36.3 Å². The highest BCUT2D eigenvalue weighted by Gasteiger charge is 2.39. The van der Waals surface area contributed by atoms with E-state index in [1.54, 1.807) is 6.92 Å². The molecule has 9 heteroatoms. The monoisotopic (exact) mass is 401 g/mol. The third-order valence-corrected chi connectivity index (χ3v) is 4.96. The number of hydrogen-bond donors (Lipinski definition) is 2. The summed E-state index contributed by atoms with van der Waals surface area (Å²) in [5.41, 5.74) is 5.81. The highest BCUT2D eigenvalue weighted by molar-refractivity contribution is 7.10. The predicted molar refractivity (Wildman–Crippen MR) is 103 cm³/mol. The number of imide groups is 1. The number of nitrogens with one attached hydrogen (secondary N) is 2. The van der Waals surface area contributed by atoms with E-state index in [2.05, 4.69) is 10.9 Å². The summed E-state index contributed by atoms with van der Waals surface area (Å²) in [4.78, 5) is 50.4. The molecule has 1 aliphatic heterocycles. The Morgan fingerprint density at radius 2 is 1.96 bits per heavy atom. The molecule has 1 aromatic heterocycles. The molecular weight excluding hydrogens is 382 g/mol. The van der Waals surface area contributed by atoms with Gasteiger partial charge in [0.25, 0.3) is 5.91 Å². The highest BCUT2D eigenvalue weighted by Crippen LogP contribution is 2.23. The minimum atomic E-state index is -0.843. The van der Waals surface area contributed by atoms with E-state index in [-0.39, 0.29) is 31.3 Å². The fourth-order valence-corrected chi connectivity index (χ4v) is 3.46. The second kappa shape index (κ2) is 8.77. The number of rotatable bonds is 7. The fraction of sp³-hybridized carbons (Fsp3) is 0.263. The lowest BCUT2D eigenvalue weighted by Gasteiger charge is -2.16. The van der Waals surface area contributed by atoms with E-state index in [1.165, 1.54) is 35.6 Å². The van der Waals surface area contributed by atoms with Crippen LogP contribution in [0.1, 0.15) is 28.6 Å². The molecular formula is C19H19N3O5S. The third kappa shape index (κ3) is 4.44. The lowest BCUT2D eigenvalue weighted by Crippen LogP contribution is -2.48. The number of carbonyl (C=O) groups excluding carboxylic acids is 4. The van der Waals surface area contributed by atoms with Gasteiger partial charge in [0.05, 0.1) is 30.7 Å². The van der Waals surface area contributed by atoms with Gasteiger partial charge >= 0.3 is 5.97 Å². The molecule has 28 heavy (non-hydrogen) atoms. The molecule has 1 atom stereocenters. The number of nitrogens with zero attached hydrogens (tertiary/aromatic N) is 1. The van der Waals surface area contributed by atoms with Crippen LogP contribution in [0.2, 0.25) is 0 Å². The first-order valence-electron chi connectivity index (χ1n) is 8.70. The Labute approximate surface area is 165 Å². The molecule has 3 rings (SSSR count). The van der Waals surface area contributed by atoms with Gasteiger partial charge < -0.3 is 4.74 Å². The van der Waals surface area contributed by atoms with Crippen molar-refractivity contribution < 1.29 is 23.9 Å². The summed E-state index contributed by atoms with van der Waals surface area (Å²) in [6, 6.07) is 8.87. The average Bonchev–Trinajstić information content (AvgIpc) is 3.28. The minimum absolute atomic E-state index is 0.0717. The van der Waals surface area contributed by atoms with Crippen LogP contribution in [0.15, 0.2) is 41.8 Å². The maximum absolute atomic E-state index is 12.6. The second-order valence-electron chi connectivity index (χ2n) is 6.04. The Balaban J connectivity index is 1.60. The van der Waals surface area contributed by atoms with Crippen LogP contribution in [0, 0.1) is 0 Å². The number of anilines is 1. The lowest BCUT2D eigenvalue weighted by molar-refractivity contribution is -0.122. The van der Waals surface area contributed by atoms with Gasteiger partial charge in [-0.15, -0.1) is 11.3 Å². The standard InChI is InChI=1S/C19H19N3O5S/c1-2-27-19(26)12-5-7-13(8-6-12)22-17(24)11-15(18(22)25)20-21-16(23)10-14-4-3-9-28-14/h3-9,15,20H,2,10-11H2,1H3,(H,21,23)/t15-/m0/s1. The molecule has 0 unspecified atom stereocenters. The number of ether oxygens (including phenoxy) is 1. The van der Waals surface area contributed by atoms with E-state index in [4.69, 9.17) is 4.74 Å². The van der Waals surface area contributed by atoms with E-state index < -0.39 is 17.9 Å². The van der Waals surface area contributed by atoms with Crippen molar-refractivity contribution in [3.8, 4) is 0 Å². The molecule has 3 amide bonds. The van der Waals surface area contributed by atoms with Crippen LogP contribution in [0.3, 0.4) is 0 Å². The minimum Gasteiger partial charge on any atom is -0.462 e. The molecule has 1 fully saturated rings. The molecule has 1 aliphatic rings. The average molecular weight is 401 g/mol. The van der Waals surface area contributed by atoms with Crippen LogP contribution in [0.4, 0.5) is 5.69 Å². The largest absolute Gasteiger partial charge is 0.462 e. The summed E-state index contributed by atoms with van der Waals surface area (Å²) in [7, 11) is 0. The Morgan fingerprint density at radius 1 is 1.21 bits per heavy atom. The number of hydrazine groups is 1. The Morgan fingerprint density at radius 3 is 2.61 bits per heavy atom. The summed E-state index contributed by atoms with van der Waals surface area (Å²) >= 11 is 1.46. The molecule has 0 radical (unpaired) electrons. The molecule has 2 heterocycles. The Kier molecular flexibility index (Phi) is 6.17. The Hall–Kier alpha value is -3.04. The zero-order chi connectivity index (χ0) is 20.1. The second-order valence-corrected chi connectivity index (χ2v) is 7.07. The van der Waals surface area contributed by atoms with Gasteiger partial charge in [-0.1, -0.05) is 6.07 Å². The summed E-state index contributed by atoms with van der Waals surface area (Å²) in [5, 5.41) is 1.88. The van der Waals surface area contributed by atoms with Crippen LogP contribution >= 0.6 is 11.3 Å². The lowest BCUT2D eigenvalue weighted by atomic mass is 10.2. The number of carbonyl (C=O) groups is 4. The molecule has 8 nitrogen and oxygen atoms in total. The summed E-state index contributed by atoms with van der Waals surface area (Å²) in [6.07, 6.45) is 0.121. The van der Waals surface area contributed by atoms with E-state index in [0.717, 1.165) is 9.78 Å². The zero-order valence-corrected chi connectivity index (χ0v) is 16.0. The Bertz CT molecular complexity index is 879. The fourth-order valence-electron chi connectivity index (χ4n) is 2.76. The predicted octanol–water partition coefficient (Wildman–Crippen LogP) is 1.42. The van der Waals surface area contributed by atoms with Gasteiger partial charge in [-0.2, -0.15) is 0 Å². The number of amides is 3. The van der Waals surface area contributed by atoms with Gasteiger partial charge in [0.2, 0.25) is 11.8 Å². The third-order valence-electron chi connectivity index (χ3n) is 4.08. The summed E-state index contributed by atoms with van der Waals surface area (Å²) in [6.45, 7) is 1.97. The zero-order valence-electron chi connectivity index (χ0n) is 15.1. The first-order valence-corrected chi connectivity index (χ1v) is 9.58. The maximum atomic E-state index is 12.6. The van der Waals surface area contributed by atoms with E-state index in [9.17, 15) is 19.2 Å². The van der Waals surface area contributed by atoms with Gasteiger partial charge in [-0.05, 0) is 42.6 Å². The van der Waals surface area contributed by atoms with Crippen molar-refractivity contribution in [3.05, 3.63) is 52.2 Å². The van der Waals surface area contributed by atoms with Crippen molar-refractivity contribution in [2.45, 2.75) is 25.8 Å². The van der Waals surface area contributed by atoms with Gasteiger partial charge in [0, 0.05) is 4.88 Å². The van der Waals surface area contributed by atoms with Gasteiger partial charge in [0.15, 0.2) is 0 Å².